The van der Waals surface area contributed by atoms with Crippen molar-refractivity contribution in [2.75, 3.05) is 6.54 Å². The van der Waals surface area contributed by atoms with E-state index in [0.29, 0.717) is 5.56 Å². The van der Waals surface area contributed by atoms with Crippen molar-refractivity contribution in [2.45, 2.75) is 38.4 Å². The van der Waals surface area contributed by atoms with Crippen LogP contribution in [-0.4, -0.2) is 52.5 Å². The van der Waals surface area contributed by atoms with Gasteiger partial charge in [0.2, 0.25) is 11.9 Å². The summed E-state index contributed by atoms with van der Waals surface area (Å²) in [5, 5.41) is 12.1. The highest BCUT2D eigenvalue weighted by atomic mass is 79.9. The second-order valence-electron chi connectivity index (χ2n) is 6.57. The number of nitrogens with one attached hydrogen (secondary N) is 1. The van der Waals surface area contributed by atoms with Crippen molar-refractivity contribution in [1.82, 2.24) is 10.2 Å². The second kappa shape index (κ2) is 8.32. The minimum Gasteiger partial charge on any atom is -0.480 e. The Morgan fingerprint density at radius 2 is 1.92 bits per heavy atom. The van der Waals surface area contributed by atoms with E-state index in [1.54, 1.807) is 38.1 Å². The molecule has 2 N–H and O–H groups in total. The Morgan fingerprint density at radius 1 is 1.31 bits per heavy atom. The first-order valence-electron chi connectivity index (χ1n) is 8.20. The molecule has 3 atom stereocenters. The monoisotopic (exact) mass is 421 g/mol. The third kappa shape index (κ3) is 4.41. The standard InChI is InChI=1S/C18H20BrN3O4/c1-10(2)15(21-16(23)11-4-6-12(19)7-5-11)17(24)22-9-13(20-3)8-14(22)18(25)26/h4-7,10,13-15H,8-9H2,1-2H3,(H,21,23)(H,25,26)/t13-,14+,15+/m1/s1. The Hall–Kier alpha value is -2.40. The van der Waals surface area contributed by atoms with Crippen molar-refractivity contribution < 1.29 is 19.5 Å². The summed E-state index contributed by atoms with van der Waals surface area (Å²) in [6.07, 6.45) is 0.107. The Balaban J connectivity index is 2.19. The van der Waals surface area contributed by atoms with E-state index in [2.05, 4.69) is 26.1 Å². The van der Waals surface area contributed by atoms with Gasteiger partial charge >= 0.3 is 5.97 Å². The Morgan fingerprint density at radius 3 is 2.42 bits per heavy atom. The average Bonchev–Trinajstić information content (AvgIpc) is 3.04. The first-order chi connectivity index (χ1) is 12.2. The van der Waals surface area contributed by atoms with E-state index in [1.807, 2.05) is 0 Å². The molecule has 0 saturated carbocycles. The number of rotatable bonds is 5. The van der Waals surface area contributed by atoms with E-state index in [1.165, 1.54) is 4.90 Å². The number of carbonyl (C=O) groups excluding carboxylic acids is 2. The van der Waals surface area contributed by atoms with Gasteiger partial charge < -0.3 is 20.2 Å². The number of nitrogens with zero attached hydrogens (tertiary/aromatic N) is 2. The number of likely N-dealkylation sites (tertiary alicyclic amines) is 1. The fourth-order valence-electron chi connectivity index (χ4n) is 2.90. The molecule has 1 aliphatic heterocycles. The lowest BCUT2D eigenvalue weighted by Gasteiger charge is -2.28. The zero-order chi connectivity index (χ0) is 19.4. The van der Waals surface area contributed by atoms with Crippen LogP contribution in [0.5, 0.6) is 0 Å². The summed E-state index contributed by atoms with van der Waals surface area (Å²) in [4.78, 5) is 41.4. The maximum absolute atomic E-state index is 12.9. The van der Waals surface area contributed by atoms with E-state index in [4.69, 9.17) is 6.57 Å². The van der Waals surface area contributed by atoms with Crippen LogP contribution in [0.2, 0.25) is 0 Å². The summed E-state index contributed by atoms with van der Waals surface area (Å²) in [5.41, 5.74) is 0.405. The van der Waals surface area contributed by atoms with E-state index in [0.717, 1.165) is 4.47 Å². The molecule has 0 radical (unpaired) electrons. The SMILES string of the molecule is [C-]#[N+][C@@H]1C[C@@H](C(=O)O)N(C(=O)[C@@H](NC(=O)c2ccc(Br)cc2)C(C)C)C1. The first-order valence-corrected chi connectivity index (χ1v) is 9.00. The van der Waals surface area contributed by atoms with Gasteiger partial charge in [-0.15, -0.1) is 0 Å². The molecule has 1 heterocycles. The van der Waals surface area contributed by atoms with Gasteiger partial charge in [0.1, 0.15) is 12.1 Å². The molecule has 7 nitrogen and oxygen atoms in total. The number of benzene rings is 1. The predicted octanol–water partition coefficient (Wildman–Crippen LogP) is 2.18. The molecular formula is C18H20BrN3O4. The number of aliphatic carboxylic acids is 1. The molecule has 1 aliphatic rings. The lowest BCUT2D eigenvalue weighted by Crippen LogP contribution is -2.53. The van der Waals surface area contributed by atoms with Gasteiger partial charge in [-0.05, 0) is 30.2 Å². The molecule has 0 aromatic heterocycles. The fourth-order valence-corrected chi connectivity index (χ4v) is 3.17. The number of carbonyl (C=O) groups is 3. The molecule has 1 aromatic carbocycles. The summed E-state index contributed by atoms with van der Waals surface area (Å²) in [6.45, 7) is 10.7. The largest absolute Gasteiger partial charge is 0.480 e. The van der Waals surface area contributed by atoms with Crippen molar-refractivity contribution in [3.05, 3.63) is 45.7 Å². The van der Waals surface area contributed by atoms with Crippen molar-refractivity contribution in [2.24, 2.45) is 5.92 Å². The number of carboxylic acids is 1. The third-order valence-electron chi connectivity index (χ3n) is 4.36. The predicted molar refractivity (Wildman–Crippen MR) is 98.4 cm³/mol. The zero-order valence-electron chi connectivity index (χ0n) is 14.5. The quantitative estimate of drug-likeness (QED) is 0.712. The third-order valence-corrected chi connectivity index (χ3v) is 4.88. The number of hydrogen-bond donors (Lipinski definition) is 2. The molecule has 0 bridgehead atoms. The van der Waals surface area contributed by atoms with Gasteiger partial charge in [-0.3, -0.25) is 9.59 Å². The normalized spacial score (nSPS) is 20.5. The summed E-state index contributed by atoms with van der Waals surface area (Å²) in [7, 11) is 0. The maximum Gasteiger partial charge on any atom is 0.326 e. The zero-order valence-corrected chi connectivity index (χ0v) is 16.1. The fraction of sp³-hybridized carbons (Fsp3) is 0.444. The summed E-state index contributed by atoms with van der Waals surface area (Å²) < 4.78 is 0.831. The Bertz CT molecular complexity index is 742. The average molecular weight is 422 g/mol. The number of hydrogen-bond acceptors (Lipinski definition) is 3. The first kappa shape index (κ1) is 19.9. The van der Waals surface area contributed by atoms with Crippen LogP contribution in [0, 0.1) is 12.5 Å². The molecule has 138 valence electrons. The molecule has 0 aliphatic carbocycles. The van der Waals surface area contributed by atoms with Gasteiger partial charge in [0.25, 0.3) is 5.91 Å². The van der Waals surface area contributed by atoms with Crippen molar-refractivity contribution in [3.8, 4) is 0 Å². The highest BCUT2D eigenvalue weighted by Crippen LogP contribution is 2.23. The van der Waals surface area contributed by atoms with E-state index in [-0.39, 0.29) is 18.9 Å². The molecule has 2 rings (SSSR count). The van der Waals surface area contributed by atoms with Crippen LogP contribution in [-0.2, 0) is 9.59 Å². The lowest BCUT2D eigenvalue weighted by molar-refractivity contribution is -0.149. The molecule has 1 aromatic rings. The van der Waals surface area contributed by atoms with Gasteiger partial charge in [-0.2, -0.15) is 0 Å². The molecule has 1 saturated heterocycles. The Labute approximate surface area is 160 Å². The lowest BCUT2D eigenvalue weighted by atomic mass is 10.0. The molecule has 0 unspecified atom stereocenters. The molecule has 8 heteroatoms. The molecule has 26 heavy (non-hydrogen) atoms. The van der Waals surface area contributed by atoms with Crippen LogP contribution in [0.15, 0.2) is 28.7 Å². The van der Waals surface area contributed by atoms with E-state index in [9.17, 15) is 19.5 Å². The molecular weight excluding hydrogens is 402 g/mol. The summed E-state index contributed by atoms with van der Waals surface area (Å²) >= 11 is 3.30. The van der Waals surface area contributed by atoms with Crippen LogP contribution < -0.4 is 5.32 Å². The van der Waals surface area contributed by atoms with Crippen molar-refractivity contribution in [3.63, 3.8) is 0 Å². The number of carboxylic acid groups (broad SMARTS) is 1. The van der Waals surface area contributed by atoms with Crippen LogP contribution >= 0.6 is 15.9 Å². The van der Waals surface area contributed by atoms with E-state index >= 15 is 0 Å². The molecule has 1 fully saturated rings. The summed E-state index contributed by atoms with van der Waals surface area (Å²) in [5.74, 6) is -2.24. The smallest absolute Gasteiger partial charge is 0.326 e. The highest BCUT2D eigenvalue weighted by molar-refractivity contribution is 9.10. The second-order valence-corrected chi connectivity index (χ2v) is 7.48. The van der Waals surface area contributed by atoms with Gasteiger partial charge in [0.15, 0.2) is 0 Å². The van der Waals surface area contributed by atoms with Crippen LogP contribution in [0.3, 0.4) is 0 Å². The van der Waals surface area contributed by atoms with Crippen LogP contribution in [0.1, 0.15) is 30.6 Å². The van der Waals surface area contributed by atoms with Crippen LogP contribution in [0.25, 0.3) is 4.85 Å². The van der Waals surface area contributed by atoms with Gasteiger partial charge in [0.05, 0.1) is 13.0 Å². The number of amides is 2. The van der Waals surface area contributed by atoms with Gasteiger partial charge in [-0.1, -0.05) is 29.8 Å². The Kier molecular flexibility index (Phi) is 6.37. The topological polar surface area (TPSA) is 91.1 Å². The van der Waals surface area contributed by atoms with E-state index < -0.39 is 35.9 Å². The van der Waals surface area contributed by atoms with Gasteiger partial charge in [0, 0.05) is 10.0 Å². The minimum absolute atomic E-state index is 0.0661. The van der Waals surface area contributed by atoms with Crippen molar-refractivity contribution >= 4 is 33.7 Å². The highest BCUT2D eigenvalue weighted by Gasteiger charge is 2.45. The summed E-state index contributed by atoms with van der Waals surface area (Å²) in [6, 6.07) is 4.28. The number of halogens is 1. The molecule has 2 amide bonds. The molecule has 0 spiro atoms. The van der Waals surface area contributed by atoms with Crippen LogP contribution in [0.4, 0.5) is 0 Å². The van der Waals surface area contributed by atoms with Gasteiger partial charge in [-0.25, -0.2) is 11.4 Å². The minimum atomic E-state index is -1.13. The van der Waals surface area contributed by atoms with Crippen molar-refractivity contribution in [1.29, 1.82) is 0 Å². The maximum atomic E-state index is 12.9.